The van der Waals surface area contributed by atoms with Crippen molar-refractivity contribution >= 4 is 0 Å². The van der Waals surface area contributed by atoms with Crippen LogP contribution in [-0.2, 0) is 0 Å². The molecule has 0 spiro atoms. The maximum absolute atomic E-state index is 5.46. The SMILES string of the molecule is C#CCC1CC(C)CCC1CNC1CC1. The van der Waals surface area contributed by atoms with E-state index in [0.29, 0.717) is 0 Å². The van der Waals surface area contributed by atoms with Crippen LogP contribution in [0.15, 0.2) is 0 Å². The molecule has 0 amide bonds. The molecule has 1 N–H and O–H groups in total. The first kappa shape index (κ1) is 11.0. The highest BCUT2D eigenvalue weighted by Crippen LogP contribution is 2.35. The molecule has 1 nitrogen and oxygen atoms in total. The van der Waals surface area contributed by atoms with E-state index in [0.717, 1.165) is 30.2 Å². The molecule has 0 aromatic carbocycles. The summed E-state index contributed by atoms with van der Waals surface area (Å²) >= 11 is 0. The van der Waals surface area contributed by atoms with Crippen LogP contribution in [0, 0.1) is 30.1 Å². The molecule has 2 rings (SSSR count). The van der Waals surface area contributed by atoms with Crippen molar-refractivity contribution in [1.29, 1.82) is 0 Å². The van der Waals surface area contributed by atoms with Crippen molar-refractivity contribution in [2.45, 2.75) is 51.5 Å². The zero-order valence-corrected chi connectivity index (χ0v) is 9.84. The highest BCUT2D eigenvalue weighted by Gasteiger charge is 2.29. The van der Waals surface area contributed by atoms with E-state index in [4.69, 9.17) is 6.42 Å². The number of hydrogen-bond acceptors (Lipinski definition) is 1. The van der Waals surface area contributed by atoms with Gasteiger partial charge in [-0.05, 0) is 50.0 Å². The van der Waals surface area contributed by atoms with E-state index in [1.807, 2.05) is 0 Å². The Morgan fingerprint density at radius 3 is 2.67 bits per heavy atom. The van der Waals surface area contributed by atoms with Crippen LogP contribution in [0.1, 0.15) is 45.4 Å². The van der Waals surface area contributed by atoms with Crippen molar-refractivity contribution in [3.05, 3.63) is 0 Å². The van der Waals surface area contributed by atoms with Crippen LogP contribution in [-0.4, -0.2) is 12.6 Å². The Morgan fingerprint density at radius 2 is 2.00 bits per heavy atom. The molecule has 0 aromatic rings. The minimum Gasteiger partial charge on any atom is -0.314 e. The average molecular weight is 205 g/mol. The fourth-order valence-electron chi connectivity index (χ4n) is 2.84. The zero-order chi connectivity index (χ0) is 10.7. The molecule has 0 heterocycles. The summed E-state index contributed by atoms with van der Waals surface area (Å²) in [5, 5.41) is 3.66. The average Bonchev–Trinajstić information content (AvgIpc) is 3.01. The highest BCUT2D eigenvalue weighted by atomic mass is 14.9. The van der Waals surface area contributed by atoms with Crippen LogP contribution in [0.3, 0.4) is 0 Å². The van der Waals surface area contributed by atoms with Crippen molar-refractivity contribution in [3.63, 3.8) is 0 Å². The summed E-state index contributed by atoms with van der Waals surface area (Å²) in [7, 11) is 0. The van der Waals surface area contributed by atoms with E-state index >= 15 is 0 Å². The van der Waals surface area contributed by atoms with Gasteiger partial charge in [0, 0.05) is 12.5 Å². The lowest BCUT2D eigenvalue weighted by atomic mass is 9.73. The molecular weight excluding hydrogens is 182 g/mol. The van der Waals surface area contributed by atoms with Crippen LogP contribution in [0.2, 0.25) is 0 Å². The normalized spacial score (nSPS) is 36.1. The molecule has 0 bridgehead atoms. The van der Waals surface area contributed by atoms with Gasteiger partial charge in [-0.1, -0.05) is 13.3 Å². The van der Waals surface area contributed by atoms with Gasteiger partial charge in [0.15, 0.2) is 0 Å². The van der Waals surface area contributed by atoms with Crippen LogP contribution in [0.5, 0.6) is 0 Å². The highest BCUT2D eigenvalue weighted by molar-refractivity contribution is 4.93. The molecule has 84 valence electrons. The zero-order valence-electron chi connectivity index (χ0n) is 9.84. The number of terminal acetylenes is 1. The summed E-state index contributed by atoms with van der Waals surface area (Å²) in [5.74, 6) is 5.38. The fraction of sp³-hybridized carbons (Fsp3) is 0.857. The van der Waals surface area contributed by atoms with Gasteiger partial charge in [-0.2, -0.15) is 0 Å². The van der Waals surface area contributed by atoms with Crippen molar-refractivity contribution in [1.82, 2.24) is 5.32 Å². The number of hydrogen-bond donors (Lipinski definition) is 1. The van der Waals surface area contributed by atoms with Gasteiger partial charge in [-0.25, -0.2) is 0 Å². The first-order chi connectivity index (χ1) is 7.29. The van der Waals surface area contributed by atoms with Crippen LogP contribution in [0.25, 0.3) is 0 Å². The largest absolute Gasteiger partial charge is 0.314 e. The third-order valence-corrected chi connectivity index (χ3v) is 4.03. The first-order valence-electron chi connectivity index (χ1n) is 6.46. The van der Waals surface area contributed by atoms with Crippen molar-refractivity contribution in [2.75, 3.05) is 6.54 Å². The Morgan fingerprint density at radius 1 is 1.20 bits per heavy atom. The van der Waals surface area contributed by atoms with Gasteiger partial charge < -0.3 is 5.32 Å². The molecule has 0 aromatic heterocycles. The van der Waals surface area contributed by atoms with E-state index < -0.39 is 0 Å². The standard InChI is InChI=1S/C14H23N/c1-3-4-12-9-11(2)5-6-13(12)10-15-14-7-8-14/h1,11-15H,4-10H2,2H3. The Bertz CT molecular complexity index is 236. The summed E-state index contributed by atoms with van der Waals surface area (Å²) in [6, 6.07) is 0.843. The summed E-state index contributed by atoms with van der Waals surface area (Å²) in [6.07, 6.45) is 13.4. The van der Waals surface area contributed by atoms with Crippen LogP contribution < -0.4 is 5.32 Å². The van der Waals surface area contributed by atoms with Gasteiger partial charge in [-0.15, -0.1) is 12.3 Å². The summed E-state index contributed by atoms with van der Waals surface area (Å²) < 4.78 is 0. The molecule has 2 aliphatic carbocycles. The van der Waals surface area contributed by atoms with E-state index in [2.05, 4.69) is 18.2 Å². The lowest BCUT2D eigenvalue weighted by Crippen LogP contribution is -2.33. The maximum Gasteiger partial charge on any atom is 0.0118 e. The maximum atomic E-state index is 5.46. The Balaban J connectivity index is 1.80. The van der Waals surface area contributed by atoms with Crippen molar-refractivity contribution < 1.29 is 0 Å². The van der Waals surface area contributed by atoms with E-state index in [9.17, 15) is 0 Å². The van der Waals surface area contributed by atoms with Gasteiger partial charge in [0.1, 0.15) is 0 Å². The number of rotatable bonds is 4. The Kier molecular flexibility index (Phi) is 3.70. The lowest BCUT2D eigenvalue weighted by Gasteiger charge is -2.34. The topological polar surface area (TPSA) is 12.0 Å². The third-order valence-electron chi connectivity index (χ3n) is 4.03. The molecular formula is C14H23N. The fourth-order valence-corrected chi connectivity index (χ4v) is 2.84. The minimum atomic E-state index is 0.782. The van der Waals surface area contributed by atoms with Gasteiger partial charge in [0.25, 0.3) is 0 Å². The third kappa shape index (κ3) is 3.24. The predicted octanol–water partition coefficient (Wildman–Crippen LogP) is 2.81. The molecule has 0 saturated heterocycles. The van der Waals surface area contributed by atoms with Crippen LogP contribution >= 0.6 is 0 Å². The molecule has 2 saturated carbocycles. The summed E-state index contributed by atoms with van der Waals surface area (Å²) in [4.78, 5) is 0. The Labute approximate surface area is 94.0 Å². The molecule has 0 aliphatic heterocycles. The van der Waals surface area contributed by atoms with Gasteiger partial charge in [0.2, 0.25) is 0 Å². The lowest BCUT2D eigenvalue weighted by molar-refractivity contribution is 0.187. The van der Waals surface area contributed by atoms with Crippen molar-refractivity contribution in [3.8, 4) is 12.3 Å². The molecule has 3 atom stereocenters. The molecule has 2 fully saturated rings. The molecule has 3 unspecified atom stereocenters. The van der Waals surface area contributed by atoms with E-state index in [-0.39, 0.29) is 0 Å². The predicted molar refractivity (Wildman–Crippen MR) is 64.5 cm³/mol. The molecule has 0 radical (unpaired) electrons. The summed E-state index contributed by atoms with van der Waals surface area (Å²) in [5.41, 5.74) is 0. The Hall–Kier alpha value is -0.480. The van der Waals surface area contributed by atoms with Gasteiger partial charge in [0.05, 0.1) is 0 Å². The monoisotopic (exact) mass is 205 g/mol. The second-order valence-corrected chi connectivity index (χ2v) is 5.53. The second-order valence-electron chi connectivity index (χ2n) is 5.53. The van der Waals surface area contributed by atoms with Gasteiger partial charge >= 0.3 is 0 Å². The van der Waals surface area contributed by atoms with E-state index in [1.165, 1.54) is 38.6 Å². The quantitative estimate of drug-likeness (QED) is 0.696. The molecule has 15 heavy (non-hydrogen) atoms. The van der Waals surface area contributed by atoms with E-state index in [1.54, 1.807) is 0 Å². The first-order valence-corrected chi connectivity index (χ1v) is 6.46. The second kappa shape index (κ2) is 5.03. The molecule has 2 aliphatic rings. The smallest absolute Gasteiger partial charge is 0.0118 e. The minimum absolute atomic E-state index is 0.782. The number of nitrogens with one attached hydrogen (secondary N) is 1. The molecule has 1 heteroatoms. The van der Waals surface area contributed by atoms with Crippen molar-refractivity contribution in [2.24, 2.45) is 17.8 Å². The summed E-state index contributed by atoms with van der Waals surface area (Å²) in [6.45, 7) is 3.58. The van der Waals surface area contributed by atoms with Gasteiger partial charge in [-0.3, -0.25) is 0 Å². The van der Waals surface area contributed by atoms with Crippen LogP contribution in [0.4, 0.5) is 0 Å².